The Hall–Kier alpha value is -2.52. The highest BCUT2D eigenvalue weighted by molar-refractivity contribution is 7.90. The Morgan fingerprint density at radius 1 is 1.06 bits per heavy atom. The summed E-state index contributed by atoms with van der Waals surface area (Å²) < 4.78 is 32.4. The smallest absolute Gasteiger partial charge is 0.232 e. The van der Waals surface area contributed by atoms with Crippen LogP contribution in [-0.2, 0) is 14.8 Å². The molecular formula is C22H30N4O4S. The van der Waals surface area contributed by atoms with Crippen LogP contribution in [0, 0.1) is 12.8 Å². The topological polar surface area (TPSA) is 110 Å². The molecule has 168 valence electrons. The van der Waals surface area contributed by atoms with Crippen LogP contribution in [0.1, 0.15) is 52.1 Å². The predicted octanol–water partition coefficient (Wildman–Crippen LogP) is 3.79. The lowest BCUT2D eigenvalue weighted by Gasteiger charge is -2.30. The Kier molecular flexibility index (Phi) is 6.96. The quantitative estimate of drug-likeness (QED) is 0.698. The maximum absolute atomic E-state index is 12.7. The Balaban J connectivity index is 1.58. The zero-order chi connectivity index (χ0) is 22.6. The van der Waals surface area contributed by atoms with Crippen LogP contribution in [0.3, 0.4) is 0 Å². The molecule has 1 aromatic heterocycles. The fourth-order valence-electron chi connectivity index (χ4n) is 3.34. The molecule has 3 rings (SSSR count). The number of nitrogens with one attached hydrogen (secondary N) is 2. The van der Waals surface area contributed by atoms with Gasteiger partial charge in [-0.2, -0.15) is 4.98 Å². The van der Waals surface area contributed by atoms with Gasteiger partial charge in [-0.15, -0.1) is 0 Å². The van der Waals surface area contributed by atoms with Crippen molar-refractivity contribution in [2.75, 3.05) is 5.32 Å². The SMILES string of the molecule is Cc1cc(Oc2ccccc2)nc(NC(=O)[C@H]2CC[C@H](NS(=O)(=O)C(C)(C)C)CC2)n1. The molecule has 1 amide bonds. The average molecular weight is 447 g/mol. The van der Waals surface area contributed by atoms with E-state index in [0.717, 1.165) is 0 Å². The van der Waals surface area contributed by atoms with E-state index in [-0.39, 0.29) is 23.8 Å². The van der Waals surface area contributed by atoms with Crippen LogP contribution in [0.25, 0.3) is 0 Å². The van der Waals surface area contributed by atoms with Crippen molar-refractivity contribution in [3.63, 3.8) is 0 Å². The fraction of sp³-hybridized carbons (Fsp3) is 0.500. The normalized spacial score (nSPS) is 19.6. The number of hydrogen-bond acceptors (Lipinski definition) is 6. The summed E-state index contributed by atoms with van der Waals surface area (Å²) in [5, 5.41) is 2.79. The summed E-state index contributed by atoms with van der Waals surface area (Å²) in [6.45, 7) is 6.83. The van der Waals surface area contributed by atoms with E-state index in [1.165, 1.54) is 0 Å². The second kappa shape index (κ2) is 9.32. The first-order chi connectivity index (χ1) is 14.5. The molecule has 2 aromatic rings. The van der Waals surface area contributed by atoms with Gasteiger partial charge in [0, 0.05) is 23.7 Å². The monoisotopic (exact) mass is 446 g/mol. The first-order valence-corrected chi connectivity index (χ1v) is 11.9. The summed E-state index contributed by atoms with van der Waals surface area (Å²) in [6.07, 6.45) is 2.43. The molecule has 0 unspecified atom stereocenters. The van der Waals surface area contributed by atoms with Gasteiger partial charge < -0.3 is 4.74 Å². The van der Waals surface area contributed by atoms with Gasteiger partial charge in [0.2, 0.25) is 27.8 Å². The number of nitrogens with zero attached hydrogens (tertiary/aromatic N) is 2. The number of aromatic nitrogens is 2. The highest BCUT2D eigenvalue weighted by Gasteiger charge is 2.34. The number of hydrogen-bond donors (Lipinski definition) is 2. The number of carbonyl (C=O) groups is 1. The molecule has 0 saturated heterocycles. The molecule has 1 aromatic carbocycles. The largest absolute Gasteiger partial charge is 0.439 e. The van der Waals surface area contributed by atoms with Gasteiger partial charge in [-0.05, 0) is 65.5 Å². The van der Waals surface area contributed by atoms with Crippen molar-refractivity contribution in [1.29, 1.82) is 0 Å². The summed E-state index contributed by atoms with van der Waals surface area (Å²) in [4.78, 5) is 21.3. The first kappa shape index (κ1) is 23.1. The summed E-state index contributed by atoms with van der Waals surface area (Å²) in [5.74, 6) is 0.834. The van der Waals surface area contributed by atoms with Crippen LogP contribution in [0.2, 0.25) is 0 Å². The molecule has 1 saturated carbocycles. The van der Waals surface area contributed by atoms with E-state index >= 15 is 0 Å². The molecule has 8 nitrogen and oxygen atoms in total. The fourth-order valence-corrected chi connectivity index (χ4v) is 4.37. The maximum atomic E-state index is 12.7. The van der Waals surface area contributed by atoms with Crippen molar-refractivity contribution in [3.8, 4) is 11.6 Å². The molecule has 31 heavy (non-hydrogen) atoms. The van der Waals surface area contributed by atoms with Gasteiger partial charge in [0.15, 0.2) is 0 Å². The minimum atomic E-state index is -3.40. The number of sulfonamides is 1. The van der Waals surface area contributed by atoms with E-state index in [9.17, 15) is 13.2 Å². The van der Waals surface area contributed by atoms with Crippen LogP contribution < -0.4 is 14.8 Å². The van der Waals surface area contributed by atoms with Crippen molar-refractivity contribution >= 4 is 21.9 Å². The van der Waals surface area contributed by atoms with Crippen LogP contribution in [0.4, 0.5) is 5.95 Å². The highest BCUT2D eigenvalue weighted by Crippen LogP contribution is 2.27. The molecule has 0 aliphatic heterocycles. The van der Waals surface area contributed by atoms with E-state index in [1.54, 1.807) is 26.8 Å². The minimum absolute atomic E-state index is 0.144. The van der Waals surface area contributed by atoms with Crippen LogP contribution in [0.15, 0.2) is 36.4 Å². The van der Waals surface area contributed by atoms with Crippen molar-refractivity contribution in [3.05, 3.63) is 42.1 Å². The zero-order valence-corrected chi connectivity index (χ0v) is 19.2. The van der Waals surface area contributed by atoms with Gasteiger partial charge in [-0.25, -0.2) is 18.1 Å². The van der Waals surface area contributed by atoms with Crippen LogP contribution >= 0.6 is 0 Å². The summed E-state index contributed by atoms with van der Waals surface area (Å²) in [5.41, 5.74) is 0.677. The lowest BCUT2D eigenvalue weighted by atomic mass is 9.86. The number of amides is 1. The molecule has 1 aliphatic rings. The van der Waals surface area contributed by atoms with E-state index in [1.807, 2.05) is 37.3 Å². The second-order valence-electron chi connectivity index (χ2n) is 8.86. The number of carbonyl (C=O) groups excluding carboxylic acids is 1. The molecule has 1 heterocycles. The van der Waals surface area contributed by atoms with Gasteiger partial charge >= 0.3 is 0 Å². The number of rotatable bonds is 6. The number of para-hydroxylation sites is 1. The molecular weight excluding hydrogens is 416 g/mol. The van der Waals surface area contributed by atoms with E-state index < -0.39 is 14.8 Å². The van der Waals surface area contributed by atoms with Crippen LogP contribution in [-0.4, -0.2) is 35.1 Å². The highest BCUT2D eigenvalue weighted by atomic mass is 32.2. The van der Waals surface area contributed by atoms with E-state index in [0.29, 0.717) is 43.0 Å². The molecule has 1 aliphatic carbocycles. The first-order valence-electron chi connectivity index (χ1n) is 10.4. The van der Waals surface area contributed by atoms with Crippen molar-refractivity contribution in [2.24, 2.45) is 5.92 Å². The van der Waals surface area contributed by atoms with Crippen molar-refractivity contribution < 1.29 is 17.9 Å². The summed E-state index contributed by atoms with van der Waals surface area (Å²) in [7, 11) is -3.40. The predicted molar refractivity (Wildman–Crippen MR) is 119 cm³/mol. The van der Waals surface area contributed by atoms with Crippen LogP contribution in [0.5, 0.6) is 11.6 Å². The Morgan fingerprint density at radius 3 is 2.32 bits per heavy atom. The zero-order valence-electron chi connectivity index (χ0n) is 18.4. The molecule has 0 radical (unpaired) electrons. The Bertz CT molecular complexity index is 1010. The third-order valence-electron chi connectivity index (χ3n) is 5.26. The minimum Gasteiger partial charge on any atom is -0.439 e. The molecule has 2 N–H and O–H groups in total. The van der Waals surface area contributed by atoms with Crippen molar-refractivity contribution in [2.45, 2.75) is 64.2 Å². The lowest BCUT2D eigenvalue weighted by molar-refractivity contribution is -0.120. The van der Waals surface area contributed by atoms with Gasteiger partial charge in [0.05, 0.1) is 4.75 Å². The molecule has 1 fully saturated rings. The third-order valence-corrected chi connectivity index (χ3v) is 7.51. The lowest BCUT2D eigenvalue weighted by Crippen LogP contribution is -2.46. The maximum Gasteiger partial charge on any atom is 0.232 e. The summed E-state index contributed by atoms with van der Waals surface area (Å²) in [6, 6.07) is 10.8. The van der Waals surface area contributed by atoms with Gasteiger partial charge in [-0.3, -0.25) is 10.1 Å². The Morgan fingerprint density at radius 2 is 1.71 bits per heavy atom. The summed E-state index contributed by atoms with van der Waals surface area (Å²) >= 11 is 0. The van der Waals surface area contributed by atoms with Gasteiger partial charge in [0.25, 0.3) is 0 Å². The molecule has 9 heteroatoms. The van der Waals surface area contributed by atoms with Crippen molar-refractivity contribution in [1.82, 2.24) is 14.7 Å². The van der Waals surface area contributed by atoms with E-state index in [4.69, 9.17) is 4.74 Å². The molecule has 0 spiro atoms. The molecule has 0 bridgehead atoms. The standard InChI is InChI=1S/C22H30N4O4S/c1-15-14-19(30-18-8-6-5-7-9-18)24-21(23-15)25-20(27)16-10-12-17(13-11-16)26-31(28,29)22(2,3)4/h5-9,14,16-17,26H,10-13H2,1-4H3,(H,23,24,25,27)/t16-,17-. The third kappa shape index (κ3) is 6.24. The van der Waals surface area contributed by atoms with E-state index in [2.05, 4.69) is 20.0 Å². The van der Waals surface area contributed by atoms with Gasteiger partial charge in [-0.1, -0.05) is 18.2 Å². The van der Waals surface area contributed by atoms with Gasteiger partial charge in [0.1, 0.15) is 5.75 Å². The average Bonchev–Trinajstić information content (AvgIpc) is 2.67. The number of aryl methyl sites for hydroxylation is 1. The second-order valence-corrected chi connectivity index (χ2v) is 11.3. The number of benzene rings is 1. The number of anilines is 1. The number of ether oxygens (including phenoxy) is 1. The Labute approximate surface area is 183 Å². The molecule has 0 atom stereocenters.